The van der Waals surface area contributed by atoms with Crippen molar-refractivity contribution in [1.82, 2.24) is 9.88 Å². The van der Waals surface area contributed by atoms with E-state index in [0.29, 0.717) is 6.04 Å². The Hall–Kier alpha value is -1.61. The first-order valence-electron chi connectivity index (χ1n) is 7.25. The van der Waals surface area contributed by atoms with Gasteiger partial charge in [0.2, 0.25) is 0 Å². The van der Waals surface area contributed by atoms with Crippen LogP contribution in [0.2, 0.25) is 0 Å². The quantitative estimate of drug-likeness (QED) is 0.892. The molecule has 2 aliphatic rings. The molecule has 2 unspecified atom stereocenters. The number of anilines is 1. The average molecular weight is 253 g/mol. The van der Waals surface area contributed by atoms with E-state index in [9.17, 15) is 0 Å². The molecular weight excluding hydrogens is 234 g/mol. The Morgan fingerprint density at radius 1 is 1.16 bits per heavy atom. The molecule has 2 aromatic rings. The molecule has 1 aromatic heterocycles. The van der Waals surface area contributed by atoms with Gasteiger partial charge in [-0.25, -0.2) is 0 Å². The lowest BCUT2D eigenvalue weighted by Gasteiger charge is -2.22. The molecule has 2 saturated heterocycles. The van der Waals surface area contributed by atoms with Crippen molar-refractivity contribution in [2.75, 3.05) is 18.4 Å². The Bertz CT molecular complexity index is 595. The number of para-hydroxylation sites is 1. The SMILES string of the molecule is c1ccc2ncc(NC3CCN4CCCC34)cc2c1. The summed E-state index contributed by atoms with van der Waals surface area (Å²) in [6, 6.07) is 11.9. The minimum atomic E-state index is 0.602. The van der Waals surface area contributed by atoms with E-state index >= 15 is 0 Å². The number of fused-ring (bicyclic) bond motifs is 2. The molecule has 0 saturated carbocycles. The standard InChI is InChI=1S/C16H19N3/c1-2-5-14-12(4-1)10-13(11-17-14)18-15-7-9-19-8-3-6-16(15)19/h1-2,4-5,10-11,15-16,18H,3,6-9H2. The molecule has 2 aliphatic heterocycles. The van der Waals surface area contributed by atoms with E-state index in [4.69, 9.17) is 0 Å². The Morgan fingerprint density at radius 2 is 2.11 bits per heavy atom. The number of hydrogen-bond donors (Lipinski definition) is 1. The maximum absolute atomic E-state index is 4.53. The van der Waals surface area contributed by atoms with E-state index in [-0.39, 0.29) is 0 Å². The molecule has 4 rings (SSSR count). The largest absolute Gasteiger partial charge is 0.379 e. The van der Waals surface area contributed by atoms with Crippen molar-refractivity contribution in [2.45, 2.75) is 31.3 Å². The van der Waals surface area contributed by atoms with Crippen LogP contribution in [0.25, 0.3) is 10.9 Å². The van der Waals surface area contributed by atoms with Crippen LogP contribution >= 0.6 is 0 Å². The highest BCUT2D eigenvalue weighted by Gasteiger charge is 2.36. The van der Waals surface area contributed by atoms with Crippen LogP contribution < -0.4 is 5.32 Å². The van der Waals surface area contributed by atoms with Crippen LogP contribution in [0.3, 0.4) is 0 Å². The zero-order valence-corrected chi connectivity index (χ0v) is 11.0. The van der Waals surface area contributed by atoms with Crippen molar-refractivity contribution >= 4 is 16.6 Å². The second kappa shape index (κ2) is 4.49. The normalized spacial score (nSPS) is 26.7. The van der Waals surface area contributed by atoms with E-state index in [1.165, 1.54) is 37.7 Å². The smallest absolute Gasteiger partial charge is 0.0703 e. The third-order valence-corrected chi connectivity index (χ3v) is 4.55. The summed E-state index contributed by atoms with van der Waals surface area (Å²) in [6.45, 7) is 2.54. The van der Waals surface area contributed by atoms with E-state index in [0.717, 1.165) is 17.2 Å². The van der Waals surface area contributed by atoms with Gasteiger partial charge in [0.05, 0.1) is 17.4 Å². The zero-order valence-electron chi connectivity index (χ0n) is 11.0. The third kappa shape index (κ3) is 1.98. The third-order valence-electron chi connectivity index (χ3n) is 4.55. The van der Waals surface area contributed by atoms with E-state index in [1.807, 2.05) is 12.3 Å². The van der Waals surface area contributed by atoms with Gasteiger partial charge in [0.1, 0.15) is 0 Å². The van der Waals surface area contributed by atoms with Crippen LogP contribution in [0, 0.1) is 0 Å². The van der Waals surface area contributed by atoms with Gasteiger partial charge in [-0.05, 0) is 37.9 Å². The van der Waals surface area contributed by atoms with Crippen molar-refractivity contribution in [1.29, 1.82) is 0 Å². The molecule has 98 valence electrons. The van der Waals surface area contributed by atoms with Gasteiger partial charge in [0, 0.05) is 24.0 Å². The maximum Gasteiger partial charge on any atom is 0.0703 e. The van der Waals surface area contributed by atoms with Gasteiger partial charge in [0.25, 0.3) is 0 Å². The molecule has 0 radical (unpaired) electrons. The highest BCUT2D eigenvalue weighted by molar-refractivity contribution is 5.81. The fourth-order valence-corrected chi connectivity index (χ4v) is 3.61. The lowest BCUT2D eigenvalue weighted by Crippen LogP contribution is -2.33. The molecule has 0 amide bonds. The molecule has 3 heteroatoms. The first-order chi connectivity index (χ1) is 9.40. The lowest BCUT2D eigenvalue weighted by molar-refractivity contribution is 0.318. The minimum absolute atomic E-state index is 0.602. The number of pyridine rings is 1. The number of nitrogens with zero attached hydrogens (tertiary/aromatic N) is 2. The van der Waals surface area contributed by atoms with Gasteiger partial charge < -0.3 is 5.32 Å². The van der Waals surface area contributed by atoms with Crippen molar-refractivity contribution in [3.63, 3.8) is 0 Å². The number of nitrogens with one attached hydrogen (secondary N) is 1. The van der Waals surface area contributed by atoms with Gasteiger partial charge in [-0.15, -0.1) is 0 Å². The first kappa shape index (κ1) is 11.2. The summed E-state index contributed by atoms with van der Waals surface area (Å²) in [5.41, 5.74) is 2.24. The van der Waals surface area contributed by atoms with Gasteiger partial charge >= 0.3 is 0 Å². The Kier molecular flexibility index (Phi) is 2.66. The van der Waals surface area contributed by atoms with E-state index in [1.54, 1.807) is 0 Å². The van der Waals surface area contributed by atoms with E-state index in [2.05, 4.69) is 39.5 Å². The lowest BCUT2D eigenvalue weighted by atomic mass is 10.1. The van der Waals surface area contributed by atoms with Gasteiger partial charge in [-0.1, -0.05) is 18.2 Å². The summed E-state index contributed by atoms with van der Waals surface area (Å²) in [5, 5.41) is 4.92. The van der Waals surface area contributed by atoms with Crippen molar-refractivity contribution in [3.05, 3.63) is 36.5 Å². The zero-order chi connectivity index (χ0) is 12.7. The molecular formula is C16H19N3. The fourth-order valence-electron chi connectivity index (χ4n) is 3.61. The molecule has 1 N–H and O–H groups in total. The molecule has 3 nitrogen and oxygen atoms in total. The van der Waals surface area contributed by atoms with E-state index < -0.39 is 0 Å². The molecule has 0 spiro atoms. The number of hydrogen-bond acceptors (Lipinski definition) is 3. The highest BCUT2D eigenvalue weighted by atomic mass is 15.2. The highest BCUT2D eigenvalue weighted by Crippen LogP contribution is 2.30. The van der Waals surface area contributed by atoms with Crippen molar-refractivity contribution in [3.8, 4) is 0 Å². The van der Waals surface area contributed by atoms with Crippen LogP contribution in [0.15, 0.2) is 36.5 Å². The minimum Gasteiger partial charge on any atom is -0.379 e. The van der Waals surface area contributed by atoms with Crippen LogP contribution in [-0.2, 0) is 0 Å². The van der Waals surface area contributed by atoms with Crippen LogP contribution in [0.4, 0.5) is 5.69 Å². The summed E-state index contributed by atoms with van der Waals surface area (Å²) >= 11 is 0. The summed E-state index contributed by atoms with van der Waals surface area (Å²) < 4.78 is 0. The molecule has 3 heterocycles. The molecule has 2 atom stereocenters. The first-order valence-corrected chi connectivity index (χ1v) is 7.25. The molecule has 0 aliphatic carbocycles. The molecule has 1 aromatic carbocycles. The van der Waals surface area contributed by atoms with Crippen LogP contribution in [-0.4, -0.2) is 35.1 Å². The second-order valence-corrected chi connectivity index (χ2v) is 5.70. The predicted octanol–water partition coefficient (Wildman–Crippen LogP) is 2.88. The summed E-state index contributed by atoms with van der Waals surface area (Å²) in [7, 11) is 0. The summed E-state index contributed by atoms with van der Waals surface area (Å²) in [6.07, 6.45) is 5.94. The molecule has 19 heavy (non-hydrogen) atoms. The Morgan fingerprint density at radius 3 is 3.11 bits per heavy atom. The van der Waals surface area contributed by atoms with Crippen LogP contribution in [0.5, 0.6) is 0 Å². The predicted molar refractivity (Wildman–Crippen MR) is 78.4 cm³/mol. The number of aromatic nitrogens is 1. The van der Waals surface area contributed by atoms with Crippen molar-refractivity contribution in [2.24, 2.45) is 0 Å². The maximum atomic E-state index is 4.53. The Balaban J connectivity index is 1.58. The molecule has 2 fully saturated rings. The van der Waals surface area contributed by atoms with Gasteiger partial charge in [0.15, 0.2) is 0 Å². The van der Waals surface area contributed by atoms with Crippen LogP contribution in [0.1, 0.15) is 19.3 Å². The van der Waals surface area contributed by atoms with Crippen molar-refractivity contribution < 1.29 is 0 Å². The molecule has 0 bridgehead atoms. The number of benzene rings is 1. The second-order valence-electron chi connectivity index (χ2n) is 5.70. The van der Waals surface area contributed by atoms with Gasteiger partial charge in [-0.2, -0.15) is 0 Å². The monoisotopic (exact) mass is 253 g/mol. The topological polar surface area (TPSA) is 28.2 Å². The Labute approximate surface area is 113 Å². The summed E-state index contributed by atoms with van der Waals surface area (Å²) in [4.78, 5) is 7.16. The summed E-state index contributed by atoms with van der Waals surface area (Å²) in [5.74, 6) is 0. The number of rotatable bonds is 2. The fraction of sp³-hybridized carbons (Fsp3) is 0.438. The van der Waals surface area contributed by atoms with Gasteiger partial charge in [-0.3, -0.25) is 9.88 Å². The average Bonchev–Trinajstić information content (AvgIpc) is 3.04.